The zero-order chi connectivity index (χ0) is 40.8. The zero-order valence-corrected chi connectivity index (χ0v) is 34.4. The second-order valence-corrected chi connectivity index (χ2v) is 17.7. The number of para-hydroxylation sites is 2. The van der Waals surface area contributed by atoms with Crippen LogP contribution in [0.15, 0.2) is 200 Å². The molecule has 3 nitrogen and oxygen atoms in total. The van der Waals surface area contributed by atoms with Crippen molar-refractivity contribution in [3.05, 3.63) is 211 Å². The Morgan fingerprint density at radius 3 is 1.63 bits per heavy atom. The minimum atomic E-state index is -0.134. The molecular formula is C59H39N3. The molecule has 14 rings (SSSR count). The van der Waals surface area contributed by atoms with E-state index in [1.54, 1.807) is 0 Å². The Kier molecular flexibility index (Phi) is 6.63. The molecule has 0 fully saturated rings. The summed E-state index contributed by atoms with van der Waals surface area (Å²) in [5.41, 5.74) is 18.4. The van der Waals surface area contributed by atoms with Crippen LogP contribution in [0.4, 0.5) is 17.1 Å². The van der Waals surface area contributed by atoms with E-state index in [1.165, 1.54) is 110 Å². The van der Waals surface area contributed by atoms with Gasteiger partial charge in [-0.3, -0.25) is 0 Å². The highest BCUT2D eigenvalue weighted by atomic mass is 15.1. The van der Waals surface area contributed by atoms with Gasteiger partial charge in [-0.25, -0.2) is 0 Å². The van der Waals surface area contributed by atoms with Crippen LogP contribution < -0.4 is 4.90 Å². The van der Waals surface area contributed by atoms with E-state index in [-0.39, 0.29) is 5.41 Å². The highest BCUT2D eigenvalue weighted by Gasteiger charge is 2.36. The van der Waals surface area contributed by atoms with Gasteiger partial charge < -0.3 is 13.7 Å². The number of hydrogen-bond acceptors (Lipinski definition) is 1. The van der Waals surface area contributed by atoms with Crippen molar-refractivity contribution in [3.8, 4) is 22.3 Å². The zero-order valence-electron chi connectivity index (χ0n) is 34.4. The summed E-state index contributed by atoms with van der Waals surface area (Å²) in [6.45, 7) is 4.74. The first-order chi connectivity index (χ1) is 30.5. The van der Waals surface area contributed by atoms with E-state index in [0.717, 1.165) is 17.1 Å². The third-order valence-corrected chi connectivity index (χ3v) is 14.2. The molecule has 1 aliphatic rings. The molecule has 3 aromatic heterocycles. The number of fused-ring (bicyclic) bond motifs is 15. The van der Waals surface area contributed by atoms with Gasteiger partial charge in [0.2, 0.25) is 0 Å². The Bertz CT molecular complexity index is 4010. The van der Waals surface area contributed by atoms with Gasteiger partial charge in [-0.15, -0.1) is 0 Å². The number of nitrogens with zero attached hydrogens (tertiary/aromatic N) is 3. The van der Waals surface area contributed by atoms with Gasteiger partial charge in [0.15, 0.2) is 0 Å². The lowest BCUT2D eigenvalue weighted by Crippen LogP contribution is -2.16. The Labute approximate surface area is 358 Å². The van der Waals surface area contributed by atoms with Crippen LogP contribution >= 0.6 is 0 Å². The first-order valence-corrected chi connectivity index (χ1v) is 21.7. The maximum Gasteiger partial charge on any atom is 0.0789 e. The molecule has 0 spiro atoms. The fourth-order valence-corrected chi connectivity index (χ4v) is 11.4. The van der Waals surface area contributed by atoms with Crippen molar-refractivity contribution in [1.29, 1.82) is 0 Å². The van der Waals surface area contributed by atoms with Crippen LogP contribution in [0.25, 0.3) is 98.4 Å². The van der Waals surface area contributed by atoms with Gasteiger partial charge in [0.1, 0.15) is 0 Å². The van der Waals surface area contributed by atoms with Crippen molar-refractivity contribution in [2.75, 3.05) is 4.90 Å². The predicted octanol–water partition coefficient (Wildman–Crippen LogP) is 16.0. The summed E-state index contributed by atoms with van der Waals surface area (Å²) in [6.07, 6.45) is 0. The molecule has 10 aromatic carbocycles. The van der Waals surface area contributed by atoms with Gasteiger partial charge in [-0.2, -0.15) is 0 Å². The van der Waals surface area contributed by atoms with Gasteiger partial charge in [-0.05, 0) is 116 Å². The van der Waals surface area contributed by atoms with Gasteiger partial charge in [0, 0.05) is 44.0 Å². The van der Waals surface area contributed by atoms with Crippen LogP contribution in [0.1, 0.15) is 25.0 Å². The number of aromatic nitrogens is 2. The second-order valence-electron chi connectivity index (χ2n) is 17.7. The third-order valence-electron chi connectivity index (χ3n) is 14.2. The van der Waals surface area contributed by atoms with Crippen molar-refractivity contribution in [3.63, 3.8) is 0 Å². The fraction of sp³-hybridized carbons (Fsp3) is 0.0508. The topological polar surface area (TPSA) is 12.1 Å². The lowest BCUT2D eigenvalue weighted by Gasteiger charge is -2.28. The Hall–Kier alpha value is -7.88. The van der Waals surface area contributed by atoms with Gasteiger partial charge >= 0.3 is 0 Å². The molecular weight excluding hydrogens is 751 g/mol. The fourth-order valence-electron chi connectivity index (χ4n) is 11.4. The lowest BCUT2D eigenvalue weighted by molar-refractivity contribution is 0.660. The first kappa shape index (κ1) is 33.9. The van der Waals surface area contributed by atoms with E-state index in [9.17, 15) is 0 Å². The van der Waals surface area contributed by atoms with Crippen molar-refractivity contribution >= 4 is 93.3 Å². The van der Waals surface area contributed by atoms with Crippen molar-refractivity contribution in [2.45, 2.75) is 19.3 Å². The molecule has 0 N–H and O–H groups in total. The van der Waals surface area contributed by atoms with Crippen LogP contribution in [-0.4, -0.2) is 8.80 Å². The van der Waals surface area contributed by atoms with Gasteiger partial charge in [0.25, 0.3) is 0 Å². The number of hydrogen-bond donors (Lipinski definition) is 0. The van der Waals surface area contributed by atoms with Crippen molar-refractivity contribution in [2.24, 2.45) is 0 Å². The van der Waals surface area contributed by atoms with E-state index in [2.05, 4.69) is 228 Å². The summed E-state index contributed by atoms with van der Waals surface area (Å²) in [5, 5.41) is 10.2. The quantitative estimate of drug-likeness (QED) is 0.128. The second kappa shape index (κ2) is 12.1. The molecule has 62 heavy (non-hydrogen) atoms. The van der Waals surface area contributed by atoms with E-state index in [0.29, 0.717) is 0 Å². The summed E-state index contributed by atoms with van der Waals surface area (Å²) in [5.74, 6) is 0. The molecule has 1 aliphatic carbocycles. The molecule has 0 saturated heterocycles. The molecule has 0 atom stereocenters. The Balaban J connectivity index is 1.03. The van der Waals surface area contributed by atoms with E-state index >= 15 is 0 Å². The summed E-state index contributed by atoms with van der Waals surface area (Å²) < 4.78 is 5.03. The van der Waals surface area contributed by atoms with Gasteiger partial charge in [0.05, 0.1) is 33.1 Å². The minimum absolute atomic E-state index is 0.134. The molecule has 3 heteroatoms. The molecule has 0 radical (unpaired) electrons. The summed E-state index contributed by atoms with van der Waals surface area (Å²) >= 11 is 0. The smallest absolute Gasteiger partial charge is 0.0789 e. The Morgan fingerprint density at radius 2 is 0.887 bits per heavy atom. The van der Waals surface area contributed by atoms with E-state index in [1.807, 2.05) is 0 Å². The predicted molar refractivity (Wildman–Crippen MR) is 262 cm³/mol. The normalized spacial score (nSPS) is 13.5. The molecule has 13 aromatic rings. The van der Waals surface area contributed by atoms with Crippen LogP contribution in [-0.2, 0) is 5.41 Å². The molecule has 0 bridgehead atoms. The van der Waals surface area contributed by atoms with Crippen molar-refractivity contribution < 1.29 is 0 Å². The number of rotatable bonds is 4. The number of anilines is 3. The maximum absolute atomic E-state index is 2.53. The van der Waals surface area contributed by atoms with Crippen molar-refractivity contribution in [1.82, 2.24) is 8.80 Å². The summed E-state index contributed by atoms with van der Waals surface area (Å²) in [6, 6.07) is 74.7. The minimum Gasteiger partial charge on any atom is -0.310 e. The van der Waals surface area contributed by atoms with Gasteiger partial charge in [-0.1, -0.05) is 153 Å². The SMILES string of the molecule is CC1(C)c2ccccc2-c2ccc(N(c3ccc(-c4cc5ccccc5c5ccccc45)cc3)c3ccc4c(c3)n3c5ccccc5c5ccc6c7ccccc7n4c6c53)cc21. The van der Waals surface area contributed by atoms with Crippen LogP contribution in [0, 0.1) is 0 Å². The largest absolute Gasteiger partial charge is 0.310 e. The third kappa shape index (κ3) is 4.39. The summed E-state index contributed by atoms with van der Waals surface area (Å²) in [7, 11) is 0. The highest BCUT2D eigenvalue weighted by Crippen LogP contribution is 2.51. The molecule has 0 unspecified atom stereocenters. The van der Waals surface area contributed by atoms with E-state index in [4.69, 9.17) is 0 Å². The molecule has 3 heterocycles. The van der Waals surface area contributed by atoms with E-state index < -0.39 is 0 Å². The highest BCUT2D eigenvalue weighted by molar-refractivity contribution is 6.25. The Morgan fingerprint density at radius 1 is 0.339 bits per heavy atom. The molecule has 0 aliphatic heterocycles. The molecule has 290 valence electrons. The van der Waals surface area contributed by atoms with Crippen LogP contribution in [0.3, 0.4) is 0 Å². The summed E-state index contributed by atoms with van der Waals surface area (Å²) in [4.78, 5) is 2.47. The monoisotopic (exact) mass is 789 g/mol. The molecule has 0 saturated carbocycles. The molecule has 0 amide bonds. The maximum atomic E-state index is 2.53. The van der Waals surface area contributed by atoms with Crippen LogP contribution in [0.2, 0.25) is 0 Å². The average Bonchev–Trinajstić information content (AvgIpc) is 3.92. The first-order valence-electron chi connectivity index (χ1n) is 21.7. The van der Waals surface area contributed by atoms with Crippen LogP contribution in [0.5, 0.6) is 0 Å². The average molecular weight is 790 g/mol. The number of benzene rings is 10. The standard InChI is InChI=1S/C59H39N3/c1-59(2)51-20-10-7-17-44(51)45-29-27-39(34-52(45)59)60(38-25-23-36(24-26-38)50-33-37-13-3-4-14-41(37)42-15-5-6-16-43(42)50)40-28-32-55-56(35-40)62-54-22-12-9-19-47(54)49-31-30-48-46-18-8-11-21-53(46)61(55)57(48)58(49)62/h3-35H,1-2H3. The lowest BCUT2D eigenvalue weighted by atomic mass is 9.82.